The van der Waals surface area contributed by atoms with Crippen LogP contribution in [0.4, 0.5) is 9.18 Å². The molecule has 1 aliphatic rings. The summed E-state index contributed by atoms with van der Waals surface area (Å²) in [6.45, 7) is 2.33. The van der Waals surface area contributed by atoms with E-state index < -0.39 is 5.95 Å². The molecule has 0 bridgehead atoms. The number of hydrogen-bond donors (Lipinski definition) is 1. The third-order valence-corrected chi connectivity index (χ3v) is 7.32. The minimum atomic E-state index is -0.586. The molecule has 5 rings (SSSR count). The van der Waals surface area contributed by atoms with Crippen LogP contribution < -0.4 is 5.32 Å². The van der Waals surface area contributed by atoms with Crippen LogP contribution in [0.3, 0.4) is 0 Å². The van der Waals surface area contributed by atoms with Gasteiger partial charge in [0.05, 0.1) is 15.6 Å². The van der Waals surface area contributed by atoms with Crippen molar-refractivity contribution >= 4 is 57.8 Å². The van der Waals surface area contributed by atoms with Gasteiger partial charge in [-0.15, -0.1) is 0 Å². The van der Waals surface area contributed by atoms with Crippen LogP contribution >= 0.6 is 34.8 Å². The summed E-state index contributed by atoms with van der Waals surface area (Å²) in [5.41, 5.74) is 4.31. The predicted molar refractivity (Wildman–Crippen MR) is 143 cm³/mol. The molecule has 0 radical (unpaired) electrons. The Morgan fingerprint density at radius 3 is 2.69 bits per heavy atom. The molecular weight excluding hydrogens is 522 g/mol. The first-order chi connectivity index (χ1) is 17.4. The number of halogens is 4. The van der Waals surface area contributed by atoms with Gasteiger partial charge in [-0.25, -0.2) is 9.78 Å². The summed E-state index contributed by atoms with van der Waals surface area (Å²) in [5.74, 6) is -0.586. The summed E-state index contributed by atoms with van der Waals surface area (Å²) in [7, 11) is 0. The molecule has 3 heterocycles. The van der Waals surface area contributed by atoms with Crippen LogP contribution in [0.2, 0.25) is 15.1 Å². The Kier molecular flexibility index (Phi) is 7.30. The van der Waals surface area contributed by atoms with Crippen LogP contribution in [0.15, 0.2) is 60.8 Å². The molecule has 0 unspecified atom stereocenters. The van der Waals surface area contributed by atoms with Gasteiger partial charge < -0.3 is 5.32 Å². The second kappa shape index (κ2) is 10.6. The standard InChI is InChI=1S/C27H22Cl3FN4O/c28-19-5-3-17(4-6-19)2-1-12-34-13-10-22-20(16-34)25-23(8-7-21(29)26(25)30)35(22)27(36)33-15-18-9-11-32-24(31)14-18/h1-9,11,14H,10,12-13,15-16H2,(H,33,36)/b2-1+. The number of nitrogens with one attached hydrogen (secondary N) is 1. The zero-order valence-corrected chi connectivity index (χ0v) is 21.4. The number of carbonyl (C=O) groups is 1. The molecule has 1 N–H and O–H groups in total. The van der Waals surface area contributed by atoms with Crippen molar-refractivity contribution in [2.75, 3.05) is 13.1 Å². The average Bonchev–Trinajstić information content (AvgIpc) is 3.20. The van der Waals surface area contributed by atoms with E-state index in [0.29, 0.717) is 39.1 Å². The number of hydrogen-bond acceptors (Lipinski definition) is 3. The molecule has 0 aliphatic carbocycles. The molecule has 0 saturated carbocycles. The van der Waals surface area contributed by atoms with Gasteiger partial charge in [-0.1, -0.05) is 59.1 Å². The molecule has 4 aromatic rings. The van der Waals surface area contributed by atoms with Crippen LogP contribution in [-0.2, 0) is 19.5 Å². The number of rotatable bonds is 5. The number of amides is 1. The maximum Gasteiger partial charge on any atom is 0.326 e. The molecule has 0 atom stereocenters. The van der Waals surface area contributed by atoms with E-state index in [2.05, 4.69) is 27.4 Å². The third-order valence-electron chi connectivity index (χ3n) is 6.26. The van der Waals surface area contributed by atoms with Gasteiger partial charge in [-0.3, -0.25) is 9.47 Å². The summed E-state index contributed by atoms with van der Waals surface area (Å²) in [5, 5.41) is 5.27. The smallest absolute Gasteiger partial charge is 0.326 e. The normalized spacial score (nSPS) is 13.9. The second-order valence-electron chi connectivity index (χ2n) is 8.60. The first-order valence-corrected chi connectivity index (χ1v) is 12.6. The number of pyridine rings is 1. The van der Waals surface area contributed by atoms with Crippen molar-refractivity contribution in [3.8, 4) is 0 Å². The minimum absolute atomic E-state index is 0.176. The Labute approximate surface area is 223 Å². The summed E-state index contributed by atoms with van der Waals surface area (Å²) < 4.78 is 15.1. The Hall–Kier alpha value is -2.90. The van der Waals surface area contributed by atoms with Crippen LogP contribution in [0.25, 0.3) is 17.0 Å². The van der Waals surface area contributed by atoms with E-state index in [1.165, 1.54) is 12.3 Å². The van der Waals surface area contributed by atoms with E-state index in [9.17, 15) is 9.18 Å². The molecule has 0 saturated heterocycles. The van der Waals surface area contributed by atoms with E-state index >= 15 is 0 Å². The van der Waals surface area contributed by atoms with Crippen LogP contribution in [0.5, 0.6) is 0 Å². The second-order valence-corrected chi connectivity index (χ2v) is 9.82. The zero-order chi connectivity index (χ0) is 25.2. The predicted octanol–water partition coefficient (Wildman–Crippen LogP) is 6.97. The van der Waals surface area contributed by atoms with Crippen molar-refractivity contribution in [1.29, 1.82) is 0 Å². The van der Waals surface area contributed by atoms with Gasteiger partial charge in [-0.05, 0) is 53.1 Å². The van der Waals surface area contributed by atoms with E-state index in [0.717, 1.165) is 35.3 Å². The van der Waals surface area contributed by atoms with E-state index in [1.807, 2.05) is 30.3 Å². The Balaban J connectivity index is 1.40. The lowest BCUT2D eigenvalue weighted by molar-refractivity contribution is 0.240. The molecule has 2 aromatic heterocycles. The van der Waals surface area contributed by atoms with Gasteiger partial charge in [0.1, 0.15) is 0 Å². The van der Waals surface area contributed by atoms with Gasteiger partial charge in [0.2, 0.25) is 5.95 Å². The number of benzene rings is 2. The first-order valence-electron chi connectivity index (χ1n) is 11.4. The molecule has 5 nitrogen and oxygen atoms in total. The molecular formula is C27H22Cl3FN4O. The Morgan fingerprint density at radius 1 is 1.11 bits per heavy atom. The number of carbonyl (C=O) groups excluding carboxylic acids is 1. The van der Waals surface area contributed by atoms with Gasteiger partial charge in [-0.2, -0.15) is 4.39 Å². The maximum absolute atomic E-state index is 13.4. The zero-order valence-electron chi connectivity index (χ0n) is 19.1. The van der Waals surface area contributed by atoms with Crippen molar-refractivity contribution in [1.82, 2.24) is 19.8 Å². The average molecular weight is 544 g/mol. The maximum atomic E-state index is 13.4. The molecule has 0 spiro atoms. The van der Waals surface area contributed by atoms with Crippen LogP contribution in [0, 0.1) is 5.95 Å². The fraction of sp³-hybridized carbons (Fsp3) is 0.185. The molecule has 36 heavy (non-hydrogen) atoms. The highest BCUT2D eigenvalue weighted by molar-refractivity contribution is 6.45. The molecule has 2 aromatic carbocycles. The number of nitrogens with zero attached hydrogens (tertiary/aromatic N) is 3. The van der Waals surface area contributed by atoms with Crippen molar-refractivity contribution in [3.05, 3.63) is 104 Å². The van der Waals surface area contributed by atoms with Crippen molar-refractivity contribution < 1.29 is 9.18 Å². The van der Waals surface area contributed by atoms with E-state index in [4.69, 9.17) is 34.8 Å². The molecule has 1 amide bonds. The summed E-state index contributed by atoms with van der Waals surface area (Å²) in [4.78, 5) is 19.2. The SMILES string of the molecule is O=C(NCc1ccnc(F)c1)n1c2c(c3c(Cl)c(Cl)ccc31)CN(C/C=C/c1ccc(Cl)cc1)CC2. The molecule has 9 heteroatoms. The van der Waals surface area contributed by atoms with Crippen molar-refractivity contribution in [2.45, 2.75) is 19.5 Å². The fourth-order valence-electron chi connectivity index (χ4n) is 4.55. The topological polar surface area (TPSA) is 50.2 Å². The highest BCUT2D eigenvalue weighted by Crippen LogP contribution is 2.38. The first kappa shape index (κ1) is 24.8. The Morgan fingerprint density at radius 2 is 1.92 bits per heavy atom. The highest BCUT2D eigenvalue weighted by Gasteiger charge is 2.28. The summed E-state index contributed by atoms with van der Waals surface area (Å²) in [6.07, 6.45) is 6.22. The lowest BCUT2D eigenvalue weighted by Gasteiger charge is -2.27. The number of fused-ring (bicyclic) bond motifs is 3. The monoisotopic (exact) mass is 542 g/mol. The summed E-state index contributed by atoms with van der Waals surface area (Å²) in [6, 6.07) is 13.9. The minimum Gasteiger partial charge on any atom is -0.333 e. The van der Waals surface area contributed by atoms with E-state index in [-0.39, 0.29) is 12.6 Å². The lowest BCUT2D eigenvalue weighted by Crippen LogP contribution is -2.34. The van der Waals surface area contributed by atoms with Gasteiger partial charge >= 0.3 is 6.03 Å². The molecule has 184 valence electrons. The molecule has 0 fully saturated rings. The quantitative estimate of drug-likeness (QED) is 0.277. The van der Waals surface area contributed by atoms with Gasteiger partial charge in [0, 0.05) is 54.9 Å². The van der Waals surface area contributed by atoms with Crippen molar-refractivity contribution in [3.63, 3.8) is 0 Å². The van der Waals surface area contributed by atoms with Gasteiger partial charge in [0.25, 0.3) is 0 Å². The summed E-state index contributed by atoms with van der Waals surface area (Å²) >= 11 is 19.0. The van der Waals surface area contributed by atoms with Crippen LogP contribution in [0.1, 0.15) is 22.4 Å². The fourth-order valence-corrected chi connectivity index (χ4v) is 5.10. The number of aromatic nitrogens is 2. The van der Waals surface area contributed by atoms with Gasteiger partial charge in [0.15, 0.2) is 0 Å². The Bertz CT molecular complexity index is 1470. The lowest BCUT2D eigenvalue weighted by atomic mass is 10.0. The van der Waals surface area contributed by atoms with Crippen LogP contribution in [-0.4, -0.2) is 33.6 Å². The molecule has 1 aliphatic heterocycles. The van der Waals surface area contributed by atoms with Crippen molar-refractivity contribution in [2.24, 2.45) is 0 Å². The third kappa shape index (κ3) is 5.13. The van der Waals surface area contributed by atoms with E-state index in [1.54, 1.807) is 16.7 Å². The largest absolute Gasteiger partial charge is 0.333 e. The highest BCUT2D eigenvalue weighted by atomic mass is 35.5.